The number of amidine groups is 1. The van der Waals surface area contributed by atoms with E-state index in [1.807, 2.05) is 4.90 Å². The Morgan fingerprint density at radius 2 is 2.33 bits per heavy atom. The van der Waals surface area contributed by atoms with E-state index in [1.165, 1.54) is 6.07 Å². The highest BCUT2D eigenvalue weighted by molar-refractivity contribution is 5.95. The predicted octanol–water partition coefficient (Wildman–Crippen LogP) is 1.32. The van der Waals surface area contributed by atoms with Crippen LogP contribution in [0.4, 0.5) is 10.1 Å². The van der Waals surface area contributed by atoms with Crippen molar-refractivity contribution >= 4 is 11.5 Å². The number of anilines is 1. The average molecular weight is 251 g/mol. The van der Waals surface area contributed by atoms with Crippen LogP contribution >= 0.6 is 0 Å². The fraction of sp³-hybridized carbons (Fsp3) is 0.462. The Morgan fingerprint density at radius 3 is 2.83 bits per heavy atom. The van der Waals surface area contributed by atoms with E-state index in [1.54, 1.807) is 19.1 Å². The smallest absolute Gasteiger partial charge is 0.147 e. The van der Waals surface area contributed by atoms with Gasteiger partial charge >= 0.3 is 0 Å². The van der Waals surface area contributed by atoms with Gasteiger partial charge < -0.3 is 15.7 Å². The van der Waals surface area contributed by atoms with Crippen LogP contribution in [0.1, 0.15) is 18.9 Å². The van der Waals surface area contributed by atoms with E-state index in [9.17, 15) is 9.50 Å². The summed E-state index contributed by atoms with van der Waals surface area (Å²) in [4.78, 5) is 1.93. The maximum absolute atomic E-state index is 13.9. The molecule has 1 aliphatic rings. The zero-order valence-electron chi connectivity index (χ0n) is 10.4. The molecule has 0 amide bonds. The van der Waals surface area contributed by atoms with Crippen LogP contribution < -0.4 is 10.6 Å². The molecule has 4 N–H and O–H groups in total. The van der Waals surface area contributed by atoms with E-state index in [2.05, 4.69) is 0 Å². The molecular weight excluding hydrogens is 233 g/mol. The van der Waals surface area contributed by atoms with E-state index < -0.39 is 0 Å². The second-order valence-electron chi connectivity index (χ2n) is 4.82. The van der Waals surface area contributed by atoms with Gasteiger partial charge in [-0.15, -0.1) is 0 Å². The number of aliphatic hydroxyl groups excluding tert-OH is 1. The van der Waals surface area contributed by atoms with E-state index >= 15 is 0 Å². The number of nitrogens with one attached hydrogen (secondary N) is 1. The molecule has 0 aromatic heterocycles. The number of nitrogens with zero attached hydrogens (tertiary/aromatic N) is 1. The lowest BCUT2D eigenvalue weighted by atomic mass is 10.0. The molecule has 4 nitrogen and oxygen atoms in total. The number of benzene rings is 1. The number of rotatable bonds is 3. The zero-order chi connectivity index (χ0) is 13.3. The van der Waals surface area contributed by atoms with E-state index in [4.69, 9.17) is 11.1 Å². The molecule has 1 saturated heterocycles. The normalized spacial score (nSPS) is 21.1. The molecule has 1 aromatic rings. The fourth-order valence-electron chi connectivity index (χ4n) is 2.33. The Bertz CT molecular complexity index is 462. The number of hydrogen-bond donors (Lipinski definition) is 3. The molecule has 2 atom stereocenters. The topological polar surface area (TPSA) is 73.3 Å². The molecule has 0 saturated carbocycles. The molecular formula is C13H18FN3O. The largest absolute Gasteiger partial charge is 0.393 e. The number of nitrogens with two attached hydrogens (primary N) is 1. The van der Waals surface area contributed by atoms with Crippen LogP contribution in [0.25, 0.3) is 0 Å². The average Bonchev–Trinajstić information content (AvgIpc) is 2.78. The summed E-state index contributed by atoms with van der Waals surface area (Å²) in [6.45, 7) is 3.17. The van der Waals surface area contributed by atoms with Crippen molar-refractivity contribution < 1.29 is 9.50 Å². The number of hydrogen-bond acceptors (Lipinski definition) is 3. The first-order valence-electron chi connectivity index (χ1n) is 6.06. The minimum absolute atomic E-state index is 0.135. The van der Waals surface area contributed by atoms with Crippen molar-refractivity contribution in [2.75, 3.05) is 18.0 Å². The molecule has 1 aliphatic heterocycles. The SMILES string of the molecule is CC(O)C1CCN(c2ccc(C(=N)N)cc2F)C1. The van der Waals surface area contributed by atoms with Gasteiger partial charge in [0.25, 0.3) is 0 Å². The van der Waals surface area contributed by atoms with Crippen molar-refractivity contribution in [1.82, 2.24) is 0 Å². The summed E-state index contributed by atoms with van der Waals surface area (Å²) in [6.07, 6.45) is 0.500. The standard InChI is InChI=1S/C13H18FN3O/c1-8(18)10-4-5-17(7-10)12-3-2-9(13(15)16)6-11(12)14/h2-3,6,8,10,18H,4-5,7H2,1H3,(H3,15,16). The number of halogens is 1. The van der Waals surface area contributed by atoms with Crippen molar-refractivity contribution in [3.8, 4) is 0 Å². The summed E-state index contributed by atoms with van der Waals surface area (Å²) >= 11 is 0. The van der Waals surface area contributed by atoms with Crippen LogP contribution in [0, 0.1) is 17.1 Å². The van der Waals surface area contributed by atoms with Crippen LogP contribution in [-0.2, 0) is 0 Å². The Hall–Kier alpha value is -1.62. The highest BCUT2D eigenvalue weighted by Crippen LogP contribution is 2.28. The molecule has 2 rings (SSSR count). The number of aliphatic hydroxyl groups is 1. The third-order valence-corrected chi connectivity index (χ3v) is 3.51. The molecule has 1 aromatic carbocycles. The monoisotopic (exact) mass is 251 g/mol. The van der Waals surface area contributed by atoms with Crippen LogP contribution in [0.3, 0.4) is 0 Å². The van der Waals surface area contributed by atoms with Crippen molar-refractivity contribution in [3.63, 3.8) is 0 Å². The first-order chi connectivity index (χ1) is 8.49. The Morgan fingerprint density at radius 1 is 1.61 bits per heavy atom. The summed E-state index contributed by atoms with van der Waals surface area (Å²) in [5.41, 5.74) is 6.23. The van der Waals surface area contributed by atoms with Gasteiger partial charge in [0.15, 0.2) is 0 Å². The van der Waals surface area contributed by atoms with Crippen LogP contribution in [0.15, 0.2) is 18.2 Å². The van der Waals surface area contributed by atoms with E-state index in [-0.39, 0.29) is 23.7 Å². The van der Waals surface area contributed by atoms with Crippen LogP contribution in [0.5, 0.6) is 0 Å². The summed E-state index contributed by atoms with van der Waals surface area (Å²) in [5.74, 6) is -0.311. The van der Waals surface area contributed by atoms with Crippen molar-refractivity contribution in [2.24, 2.45) is 11.7 Å². The molecule has 1 heterocycles. The van der Waals surface area contributed by atoms with E-state index in [0.717, 1.165) is 13.0 Å². The minimum atomic E-state index is -0.367. The lowest BCUT2D eigenvalue weighted by Gasteiger charge is -2.20. The summed E-state index contributed by atoms with van der Waals surface area (Å²) in [7, 11) is 0. The summed E-state index contributed by atoms with van der Waals surface area (Å²) in [6, 6.07) is 4.58. The highest BCUT2D eigenvalue weighted by Gasteiger charge is 2.27. The van der Waals surface area contributed by atoms with Gasteiger partial charge in [-0.05, 0) is 31.5 Å². The summed E-state index contributed by atoms with van der Waals surface area (Å²) < 4.78 is 13.9. The Kier molecular flexibility index (Phi) is 3.52. The van der Waals surface area contributed by atoms with Gasteiger partial charge in [0.1, 0.15) is 11.7 Å². The van der Waals surface area contributed by atoms with Gasteiger partial charge in [0.2, 0.25) is 0 Å². The third-order valence-electron chi connectivity index (χ3n) is 3.51. The second kappa shape index (κ2) is 4.94. The van der Waals surface area contributed by atoms with Gasteiger partial charge in [0.05, 0.1) is 11.8 Å². The van der Waals surface area contributed by atoms with Crippen molar-refractivity contribution in [3.05, 3.63) is 29.6 Å². The van der Waals surface area contributed by atoms with E-state index in [0.29, 0.717) is 17.8 Å². The van der Waals surface area contributed by atoms with Crippen LogP contribution in [-0.4, -0.2) is 30.1 Å². The first kappa shape index (κ1) is 12.8. The van der Waals surface area contributed by atoms with Gasteiger partial charge in [-0.1, -0.05) is 0 Å². The maximum atomic E-state index is 13.9. The molecule has 0 aliphatic carbocycles. The Balaban J connectivity index is 2.18. The molecule has 0 radical (unpaired) electrons. The van der Waals surface area contributed by atoms with Crippen LogP contribution in [0.2, 0.25) is 0 Å². The molecule has 1 fully saturated rings. The quantitative estimate of drug-likeness (QED) is 0.560. The molecule has 0 bridgehead atoms. The van der Waals surface area contributed by atoms with Crippen molar-refractivity contribution in [1.29, 1.82) is 5.41 Å². The Labute approximate surface area is 106 Å². The molecule has 0 spiro atoms. The third kappa shape index (κ3) is 2.46. The highest BCUT2D eigenvalue weighted by atomic mass is 19.1. The molecule has 5 heteroatoms. The van der Waals surface area contributed by atoms with Gasteiger partial charge in [0, 0.05) is 24.6 Å². The van der Waals surface area contributed by atoms with Crippen molar-refractivity contribution in [2.45, 2.75) is 19.4 Å². The van der Waals surface area contributed by atoms with Gasteiger partial charge in [-0.2, -0.15) is 0 Å². The lowest BCUT2D eigenvalue weighted by molar-refractivity contribution is 0.136. The van der Waals surface area contributed by atoms with Gasteiger partial charge in [-0.3, -0.25) is 5.41 Å². The zero-order valence-corrected chi connectivity index (χ0v) is 10.4. The minimum Gasteiger partial charge on any atom is -0.393 e. The second-order valence-corrected chi connectivity index (χ2v) is 4.82. The molecule has 18 heavy (non-hydrogen) atoms. The maximum Gasteiger partial charge on any atom is 0.147 e. The molecule has 2 unspecified atom stereocenters. The first-order valence-corrected chi connectivity index (χ1v) is 6.06. The predicted molar refractivity (Wildman–Crippen MR) is 69.4 cm³/mol. The summed E-state index contributed by atoms with van der Waals surface area (Å²) in [5, 5.41) is 16.8. The lowest BCUT2D eigenvalue weighted by Crippen LogP contribution is -2.24. The fourth-order valence-corrected chi connectivity index (χ4v) is 2.33. The number of nitrogen functional groups attached to an aromatic ring is 1. The molecule has 98 valence electrons. The van der Waals surface area contributed by atoms with Gasteiger partial charge in [-0.25, -0.2) is 4.39 Å².